The molecule has 1 amide bonds. The Balaban J connectivity index is 2.59. The first kappa shape index (κ1) is 9.06. The summed E-state index contributed by atoms with van der Waals surface area (Å²) in [6, 6.07) is 1.72. The maximum absolute atomic E-state index is 11.2. The number of carbonyl (C=O) groups excluding carboxylic acids is 1. The van der Waals surface area contributed by atoms with Gasteiger partial charge in [-0.15, -0.1) is 6.58 Å². The quantitative estimate of drug-likeness (QED) is 0.761. The van der Waals surface area contributed by atoms with Crippen LogP contribution < -0.4 is 5.32 Å². The zero-order chi connectivity index (χ0) is 8.97. The van der Waals surface area contributed by atoms with Crippen LogP contribution in [0.4, 0.5) is 0 Å². The van der Waals surface area contributed by atoms with Crippen molar-refractivity contribution in [3.8, 4) is 0 Å². The SMILES string of the molecule is C=CCNC(=O)c1cc(Br)c[nH]1. The molecule has 12 heavy (non-hydrogen) atoms. The van der Waals surface area contributed by atoms with E-state index in [0.29, 0.717) is 12.2 Å². The Hall–Kier alpha value is -1.03. The van der Waals surface area contributed by atoms with Crippen LogP contribution in [0, 0.1) is 0 Å². The van der Waals surface area contributed by atoms with Gasteiger partial charge in [-0.25, -0.2) is 0 Å². The summed E-state index contributed by atoms with van der Waals surface area (Å²) in [4.78, 5) is 14.0. The van der Waals surface area contributed by atoms with Gasteiger partial charge >= 0.3 is 0 Å². The summed E-state index contributed by atoms with van der Waals surface area (Å²) in [6.45, 7) is 3.98. The number of carbonyl (C=O) groups is 1. The summed E-state index contributed by atoms with van der Waals surface area (Å²) in [5.74, 6) is -0.124. The highest BCUT2D eigenvalue weighted by molar-refractivity contribution is 9.10. The summed E-state index contributed by atoms with van der Waals surface area (Å²) in [6.07, 6.45) is 3.35. The first-order valence-electron chi connectivity index (χ1n) is 3.47. The number of H-pyrrole nitrogens is 1. The average Bonchev–Trinajstić information content (AvgIpc) is 2.47. The largest absolute Gasteiger partial charge is 0.356 e. The van der Waals surface area contributed by atoms with Crippen LogP contribution in [0.5, 0.6) is 0 Å². The maximum Gasteiger partial charge on any atom is 0.267 e. The van der Waals surface area contributed by atoms with Gasteiger partial charge in [-0.3, -0.25) is 4.79 Å². The van der Waals surface area contributed by atoms with Gasteiger partial charge in [0.15, 0.2) is 0 Å². The third-order valence-corrected chi connectivity index (χ3v) is 1.76. The fourth-order valence-corrected chi connectivity index (χ4v) is 1.10. The highest BCUT2D eigenvalue weighted by Gasteiger charge is 2.04. The summed E-state index contributed by atoms with van der Waals surface area (Å²) >= 11 is 3.24. The van der Waals surface area contributed by atoms with Crippen molar-refractivity contribution in [1.29, 1.82) is 0 Å². The zero-order valence-electron chi connectivity index (χ0n) is 6.43. The summed E-state index contributed by atoms with van der Waals surface area (Å²) in [5, 5.41) is 2.65. The lowest BCUT2D eigenvalue weighted by Crippen LogP contribution is -2.23. The normalized spacial score (nSPS) is 9.42. The average molecular weight is 229 g/mol. The fraction of sp³-hybridized carbons (Fsp3) is 0.125. The standard InChI is InChI=1S/C8H9BrN2O/c1-2-3-10-8(12)7-4-6(9)5-11-7/h2,4-5,11H,1,3H2,(H,10,12). The highest BCUT2D eigenvalue weighted by Crippen LogP contribution is 2.09. The Morgan fingerprint density at radius 2 is 2.58 bits per heavy atom. The van der Waals surface area contributed by atoms with Gasteiger partial charge in [0.25, 0.3) is 5.91 Å². The lowest BCUT2D eigenvalue weighted by atomic mass is 10.4. The molecule has 0 saturated heterocycles. The molecule has 1 aromatic heterocycles. The van der Waals surface area contributed by atoms with Gasteiger partial charge in [0.1, 0.15) is 5.69 Å². The van der Waals surface area contributed by atoms with Crippen LogP contribution in [0.3, 0.4) is 0 Å². The van der Waals surface area contributed by atoms with Gasteiger partial charge in [0.05, 0.1) is 0 Å². The Bertz CT molecular complexity index is 293. The Morgan fingerprint density at radius 3 is 3.08 bits per heavy atom. The minimum atomic E-state index is -0.124. The fourth-order valence-electron chi connectivity index (χ4n) is 0.759. The number of aromatic nitrogens is 1. The number of nitrogens with one attached hydrogen (secondary N) is 2. The van der Waals surface area contributed by atoms with E-state index in [0.717, 1.165) is 4.47 Å². The highest BCUT2D eigenvalue weighted by atomic mass is 79.9. The van der Waals surface area contributed by atoms with Gasteiger partial charge < -0.3 is 10.3 Å². The summed E-state index contributed by atoms with van der Waals surface area (Å²) < 4.78 is 0.867. The van der Waals surface area contributed by atoms with Gasteiger partial charge in [0, 0.05) is 17.2 Å². The van der Waals surface area contributed by atoms with E-state index in [4.69, 9.17) is 0 Å². The molecule has 2 N–H and O–H groups in total. The first-order chi connectivity index (χ1) is 5.74. The molecular formula is C8H9BrN2O. The molecule has 0 bridgehead atoms. The minimum absolute atomic E-state index is 0.124. The molecule has 0 fully saturated rings. The number of hydrogen-bond donors (Lipinski definition) is 2. The van der Waals surface area contributed by atoms with E-state index in [1.165, 1.54) is 0 Å². The predicted octanol–water partition coefficient (Wildman–Crippen LogP) is 1.69. The first-order valence-corrected chi connectivity index (χ1v) is 4.26. The maximum atomic E-state index is 11.2. The van der Waals surface area contributed by atoms with E-state index in [1.54, 1.807) is 18.3 Å². The van der Waals surface area contributed by atoms with Crippen LogP contribution in [0.2, 0.25) is 0 Å². The van der Waals surface area contributed by atoms with Gasteiger partial charge in [0.2, 0.25) is 0 Å². The number of hydrogen-bond acceptors (Lipinski definition) is 1. The second kappa shape index (κ2) is 4.11. The molecule has 0 aromatic carbocycles. The van der Waals surface area contributed by atoms with Gasteiger partial charge in [-0.05, 0) is 22.0 Å². The van der Waals surface area contributed by atoms with Gasteiger partial charge in [-0.2, -0.15) is 0 Å². The van der Waals surface area contributed by atoms with Crippen molar-refractivity contribution >= 4 is 21.8 Å². The van der Waals surface area contributed by atoms with E-state index in [2.05, 4.69) is 32.8 Å². The van der Waals surface area contributed by atoms with E-state index >= 15 is 0 Å². The minimum Gasteiger partial charge on any atom is -0.356 e. The lowest BCUT2D eigenvalue weighted by molar-refractivity contribution is 0.0953. The summed E-state index contributed by atoms with van der Waals surface area (Å²) in [7, 11) is 0. The van der Waals surface area contributed by atoms with Crippen molar-refractivity contribution in [1.82, 2.24) is 10.3 Å². The van der Waals surface area contributed by atoms with Crippen LogP contribution in [-0.2, 0) is 0 Å². The molecule has 0 radical (unpaired) electrons. The Labute approximate surface area is 79.0 Å². The summed E-state index contributed by atoms with van der Waals surface area (Å²) in [5.41, 5.74) is 0.545. The van der Waals surface area contributed by atoms with E-state index < -0.39 is 0 Å². The number of rotatable bonds is 3. The van der Waals surface area contributed by atoms with Crippen LogP contribution >= 0.6 is 15.9 Å². The lowest BCUT2D eigenvalue weighted by Gasteiger charge is -1.97. The van der Waals surface area contributed by atoms with Crippen molar-refractivity contribution in [2.75, 3.05) is 6.54 Å². The van der Waals surface area contributed by atoms with Gasteiger partial charge in [-0.1, -0.05) is 6.08 Å². The molecule has 1 heterocycles. The topological polar surface area (TPSA) is 44.9 Å². The van der Waals surface area contributed by atoms with E-state index in [9.17, 15) is 4.79 Å². The zero-order valence-corrected chi connectivity index (χ0v) is 8.02. The van der Waals surface area contributed by atoms with Crippen molar-refractivity contribution in [3.63, 3.8) is 0 Å². The molecule has 4 heteroatoms. The molecular weight excluding hydrogens is 220 g/mol. The molecule has 0 aliphatic rings. The second-order valence-corrected chi connectivity index (χ2v) is 3.15. The van der Waals surface area contributed by atoms with Crippen molar-refractivity contribution in [2.24, 2.45) is 0 Å². The number of amides is 1. The molecule has 0 aliphatic carbocycles. The third-order valence-electron chi connectivity index (χ3n) is 1.30. The van der Waals surface area contributed by atoms with Crippen LogP contribution in [0.25, 0.3) is 0 Å². The van der Waals surface area contributed by atoms with Crippen molar-refractivity contribution in [2.45, 2.75) is 0 Å². The molecule has 1 aromatic rings. The molecule has 0 spiro atoms. The monoisotopic (exact) mass is 228 g/mol. The van der Waals surface area contributed by atoms with Crippen molar-refractivity contribution in [3.05, 3.63) is 35.1 Å². The van der Waals surface area contributed by atoms with Crippen LogP contribution in [-0.4, -0.2) is 17.4 Å². The molecule has 3 nitrogen and oxygen atoms in total. The Morgan fingerprint density at radius 1 is 1.83 bits per heavy atom. The second-order valence-electron chi connectivity index (χ2n) is 2.23. The molecule has 0 saturated carbocycles. The molecule has 1 rings (SSSR count). The van der Waals surface area contributed by atoms with E-state index in [-0.39, 0.29) is 5.91 Å². The molecule has 0 atom stereocenters. The van der Waals surface area contributed by atoms with Crippen LogP contribution in [0.15, 0.2) is 29.4 Å². The van der Waals surface area contributed by atoms with Crippen molar-refractivity contribution < 1.29 is 4.79 Å². The molecule has 64 valence electrons. The molecule has 0 unspecified atom stereocenters. The smallest absolute Gasteiger partial charge is 0.267 e. The number of halogens is 1. The van der Waals surface area contributed by atoms with Crippen LogP contribution in [0.1, 0.15) is 10.5 Å². The predicted molar refractivity (Wildman–Crippen MR) is 51.0 cm³/mol. The Kier molecular flexibility index (Phi) is 3.10. The van der Waals surface area contributed by atoms with E-state index in [1.807, 2.05) is 0 Å². The third kappa shape index (κ3) is 2.23. The number of aromatic amines is 1. The molecule has 0 aliphatic heterocycles.